The Morgan fingerprint density at radius 2 is 1.91 bits per heavy atom. The van der Waals surface area contributed by atoms with Crippen LogP contribution in [0.4, 0.5) is 5.82 Å². The van der Waals surface area contributed by atoms with Gasteiger partial charge in [-0.05, 0) is 23.8 Å². The number of anilines is 1. The van der Waals surface area contributed by atoms with Gasteiger partial charge < -0.3 is 15.5 Å². The quantitative estimate of drug-likeness (QED) is 0.343. The van der Waals surface area contributed by atoms with E-state index in [1.165, 1.54) is 10.5 Å². The smallest absolute Gasteiger partial charge is 0.323 e. The molecule has 1 atom stereocenters. The molecule has 3 N–H and O–H groups in total. The number of carboxylic acids is 1. The number of rotatable bonds is 7. The first-order valence-corrected chi connectivity index (χ1v) is 11.0. The maximum absolute atomic E-state index is 13.2. The molecular weight excluding hydrogens is 464 g/mol. The van der Waals surface area contributed by atoms with Crippen molar-refractivity contribution in [3.05, 3.63) is 81.1 Å². The largest absolute Gasteiger partial charge is 0.480 e. The van der Waals surface area contributed by atoms with Crippen LogP contribution in [0.5, 0.6) is 0 Å². The molecule has 0 radical (unpaired) electrons. The highest BCUT2D eigenvalue weighted by Crippen LogP contribution is 2.33. The van der Waals surface area contributed by atoms with E-state index in [4.69, 9.17) is 17.3 Å². The number of thiocarbonyl (C=S) groups is 1. The van der Waals surface area contributed by atoms with Crippen LogP contribution >= 0.6 is 24.0 Å². The fraction of sp³-hybridized carbons (Fsp3) is 0.136. The van der Waals surface area contributed by atoms with Crippen LogP contribution in [0, 0.1) is 0 Å². The van der Waals surface area contributed by atoms with E-state index in [1.54, 1.807) is 36.5 Å². The number of carbonyl (C=O) groups is 2. The van der Waals surface area contributed by atoms with Gasteiger partial charge >= 0.3 is 5.97 Å². The number of aromatic nitrogens is 2. The third-order valence-electron chi connectivity index (χ3n) is 4.86. The second-order valence-electron chi connectivity index (χ2n) is 7.08. The van der Waals surface area contributed by atoms with Gasteiger partial charge in [0, 0.05) is 12.7 Å². The van der Waals surface area contributed by atoms with Crippen LogP contribution < -0.4 is 10.9 Å². The first-order valence-electron chi connectivity index (χ1n) is 9.80. The molecule has 1 amide bonds. The van der Waals surface area contributed by atoms with E-state index in [9.17, 15) is 19.5 Å². The number of benzene rings is 1. The number of pyridine rings is 1. The van der Waals surface area contributed by atoms with Gasteiger partial charge in [0.15, 0.2) is 0 Å². The Hall–Kier alpha value is -3.54. The molecule has 1 saturated heterocycles. The average Bonchev–Trinajstić information content (AvgIpc) is 3.07. The van der Waals surface area contributed by atoms with Crippen molar-refractivity contribution in [2.75, 3.05) is 18.4 Å². The number of nitrogens with zero attached hydrogens (tertiary/aromatic N) is 3. The van der Waals surface area contributed by atoms with E-state index in [0.717, 1.165) is 16.7 Å². The van der Waals surface area contributed by atoms with Crippen molar-refractivity contribution in [2.24, 2.45) is 0 Å². The molecule has 1 aliphatic heterocycles. The number of aliphatic carboxylic acids is 1. The number of thioether (sulfide) groups is 1. The van der Waals surface area contributed by atoms with E-state index < -0.39 is 30.1 Å². The van der Waals surface area contributed by atoms with Gasteiger partial charge in [-0.25, -0.2) is 4.98 Å². The summed E-state index contributed by atoms with van der Waals surface area (Å²) in [5.74, 6) is -1.61. The van der Waals surface area contributed by atoms with Gasteiger partial charge in [-0.3, -0.25) is 23.7 Å². The zero-order chi connectivity index (χ0) is 23.5. The summed E-state index contributed by atoms with van der Waals surface area (Å²) in [6.07, 6.45) is 2.05. The molecule has 9 nitrogen and oxygen atoms in total. The highest BCUT2D eigenvalue weighted by Gasteiger charge is 2.34. The van der Waals surface area contributed by atoms with Crippen molar-refractivity contribution < 1.29 is 19.8 Å². The van der Waals surface area contributed by atoms with Crippen LogP contribution in [0.1, 0.15) is 17.2 Å². The Labute approximate surface area is 197 Å². The van der Waals surface area contributed by atoms with Gasteiger partial charge in [-0.1, -0.05) is 60.4 Å². The van der Waals surface area contributed by atoms with E-state index in [1.807, 2.05) is 18.2 Å². The molecule has 0 saturated carbocycles. The number of carboxylic acid groups (broad SMARTS) is 1. The molecule has 168 valence electrons. The lowest BCUT2D eigenvalue weighted by Crippen LogP contribution is -2.33. The molecule has 1 unspecified atom stereocenters. The van der Waals surface area contributed by atoms with Crippen LogP contribution in [-0.2, 0) is 9.59 Å². The summed E-state index contributed by atoms with van der Waals surface area (Å²) < 4.78 is 1.43. The van der Waals surface area contributed by atoms with Crippen LogP contribution in [0.3, 0.4) is 0 Å². The van der Waals surface area contributed by atoms with Crippen LogP contribution in [0.2, 0.25) is 0 Å². The average molecular weight is 483 g/mol. The number of hydrogen-bond acceptors (Lipinski definition) is 8. The maximum atomic E-state index is 13.2. The Morgan fingerprint density at radius 3 is 2.64 bits per heavy atom. The highest BCUT2D eigenvalue weighted by molar-refractivity contribution is 8.26. The van der Waals surface area contributed by atoms with Crippen molar-refractivity contribution in [3.8, 4) is 0 Å². The standard InChI is InChI=1S/C22H18N4O5S2/c27-15(13-6-2-1-3-7-13)11-23-19-14(20(30)25-9-5-4-8-17(25)24-19)10-16-21(31)26(12-18(28)29)22(32)33-16/h1-10,15,23,27H,11-12H2,(H,28,29)/b16-10-. The lowest BCUT2D eigenvalue weighted by molar-refractivity contribution is -0.140. The third kappa shape index (κ3) is 4.80. The van der Waals surface area contributed by atoms with Crippen LogP contribution in [0.25, 0.3) is 11.7 Å². The van der Waals surface area contributed by atoms with E-state index in [2.05, 4.69) is 10.3 Å². The molecule has 1 aromatic carbocycles. The van der Waals surface area contributed by atoms with E-state index in [0.29, 0.717) is 11.2 Å². The molecule has 0 spiro atoms. The topological polar surface area (TPSA) is 124 Å². The summed E-state index contributed by atoms with van der Waals surface area (Å²) >= 11 is 6.04. The number of amides is 1. The van der Waals surface area contributed by atoms with Gasteiger partial charge in [0.25, 0.3) is 11.5 Å². The summed E-state index contributed by atoms with van der Waals surface area (Å²) in [7, 11) is 0. The second-order valence-corrected chi connectivity index (χ2v) is 8.75. The third-order valence-corrected chi connectivity index (χ3v) is 6.24. The van der Waals surface area contributed by atoms with Gasteiger partial charge in [0.05, 0.1) is 16.6 Å². The first kappa shape index (κ1) is 22.6. The van der Waals surface area contributed by atoms with Crippen molar-refractivity contribution in [1.29, 1.82) is 0 Å². The predicted octanol–water partition coefficient (Wildman–Crippen LogP) is 2.13. The summed E-state index contributed by atoms with van der Waals surface area (Å²) in [6.45, 7) is -0.494. The summed E-state index contributed by atoms with van der Waals surface area (Å²) in [4.78, 5) is 42.5. The second kappa shape index (κ2) is 9.53. The van der Waals surface area contributed by atoms with Gasteiger partial charge in [-0.15, -0.1) is 0 Å². The van der Waals surface area contributed by atoms with Crippen molar-refractivity contribution in [1.82, 2.24) is 14.3 Å². The minimum absolute atomic E-state index is 0.0697. The van der Waals surface area contributed by atoms with Gasteiger partial charge in [0.2, 0.25) is 0 Å². The monoisotopic (exact) mass is 482 g/mol. The summed E-state index contributed by atoms with van der Waals surface area (Å²) in [5, 5.41) is 22.5. The molecule has 2 aromatic heterocycles. The van der Waals surface area contributed by atoms with Gasteiger partial charge in [-0.2, -0.15) is 0 Å². The Morgan fingerprint density at radius 1 is 1.18 bits per heavy atom. The van der Waals surface area contributed by atoms with E-state index in [-0.39, 0.29) is 27.2 Å². The molecule has 0 bridgehead atoms. The zero-order valence-electron chi connectivity index (χ0n) is 17.0. The lowest BCUT2D eigenvalue weighted by atomic mass is 10.1. The SMILES string of the molecule is O=C(O)CN1C(=O)/C(=C/c2c(NCC(O)c3ccccc3)nc3ccccn3c2=O)SC1=S. The number of fused-ring (bicyclic) bond motifs is 1. The normalized spacial score (nSPS) is 15.9. The van der Waals surface area contributed by atoms with Crippen LogP contribution in [0.15, 0.2) is 64.4 Å². The minimum atomic E-state index is -1.20. The van der Waals surface area contributed by atoms with Gasteiger partial charge in [0.1, 0.15) is 22.3 Å². The first-order chi connectivity index (χ1) is 15.8. The number of carbonyl (C=O) groups excluding carboxylic acids is 1. The van der Waals surface area contributed by atoms with Crippen molar-refractivity contribution in [3.63, 3.8) is 0 Å². The Bertz CT molecular complexity index is 1340. The molecule has 33 heavy (non-hydrogen) atoms. The minimum Gasteiger partial charge on any atom is -0.480 e. The Kier molecular flexibility index (Phi) is 6.54. The molecule has 3 aromatic rings. The highest BCUT2D eigenvalue weighted by atomic mass is 32.2. The fourth-order valence-electron chi connectivity index (χ4n) is 3.26. The van der Waals surface area contributed by atoms with Crippen molar-refractivity contribution in [2.45, 2.75) is 6.10 Å². The summed E-state index contributed by atoms with van der Waals surface area (Å²) in [6, 6.07) is 14.1. The lowest BCUT2D eigenvalue weighted by Gasteiger charge is -2.15. The number of aliphatic hydroxyl groups is 1. The number of aliphatic hydroxyl groups excluding tert-OH is 1. The van der Waals surface area contributed by atoms with Crippen LogP contribution in [-0.4, -0.2) is 53.8 Å². The zero-order valence-corrected chi connectivity index (χ0v) is 18.7. The Balaban J connectivity index is 1.72. The predicted molar refractivity (Wildman–Crippen MR) is 129 cm³/mol. The molecule has 3 heterocycles. The molecule has 0 aliphatic carbocycles. The molecule has 1 aliphatic rings. The molecule has 4 rings (SSSR count). The van der Waals surface area contributed by atoms with Crippen molar-refractivity contribution >= 4 is 57.7 Å². The fourth-order valence-corrected chi connectivity index (χ4v) is 4.49. The summed E-state index contributed by atoms with van der Waals surface area (Å²) in [5.41, 5.74) is 0.740. The molecule has 11 heteroatoms. The number of hydrogen-bond donors (Lipinski definition) is 3. The molecule has 1 fully saturated rings. The maximum Gasteiger partial charge on any atom is 0.323 e. The number of nitrogens with one attached hydrogen (secondary N) is 1. The molecular formula is C22H18N4O5S2. The van der Waals surface area contributed by atoms with E-state index >= 15 is 0 Å².